The maximum absolute atomic E-state index is 9.56. The zero-order chi connectivity index (χ0) is 30.8. The van der Waals surface area contributed by atoms with Crippen molar-refractivity contribution in [1.29, 1.82) is 5.26 Å². The number of hydrogen-bond donors (Lipinski definition) is 0. The first-order valence-corrected chi connectivity index (χ1v) is 15.5. The summed E-state index contributed by atoms with van der Waals surface area (Å²) in [7, 11) is 0. The van der Waals surface area contributed by atoms with Gasteiger partial charge in [0.2, 0.25) is 0 Å². The smallest absolute Gasteiger partial charge is 0.0991 e. The Balaban J connectivity index is 1.60. The van der Waals surface area contributed by atoms with E-state index in [0.717, 1.165) is 5.56 Å². The summed E-state index contributed by atoms with van der Waals surface area (Å²) in [5, 5.41) is 12.1. The van der Waals surface area contributed by atoms with Crippen LogP contribution in [-0.4, -0.2) is 0 Å². The Morgan fingerprint density at radius 2 is 0.909 bits per heavy atom. The third-order valence-corrected chi connectivity index (χ3v) is 9.20. The van der Waals surface area contributed by atoms with Crippen molar-refractivity contribution in [3.63, 3.8) is 0 Å². The summed E-state index contributed by atoms with van der Waals surface area (Å²) >= 11 is 0. The number of nitrogens with zero attached hydrogens (tertiary/aromatic N) is 1. The van der Waals surface area contributed by atoms with E-state index in [4.69, 9.17) is 0 Å². The Kier molecular flexibility index (Phi) is 6.38. The zero-order valence-corrected chi connectivity index (χ0v) is 26.4. The zero-order valence-electron chi connectivity index (χ0n) is 26.4. The van der Waals surface area contributed by atoms with E-state index in [0.29, 0.717) is 5.56 Å². The number of benzene rings is 6. The van der Waals surface area contributed by atoms with Crippen LogP contribution in [0.25, 0.3) is 66.4 Å². The molecular formula is C43H37N. The maximum atomic E-state index is 9.56. The summed E-state index contributed by atoms with van der Waals surface area (Å²) in [5.41, 5.74) is 15.8. The monoisotopic (exact) mass is 567 g/mol. The number of fused-ring (bicyclic) bond motifs is 3. The lowest BCUT2D eigenvalue weighted by molar-refractivity contribution is 0.590. The third kappa shape index (κ3) is 4.54. The molecule has 0 radical (unpaired) electrons. The summed E-state index contributed by atoms with van der Waals surface area (Å²) in [6.07, 6.45) is 0. The number of nitriles is 1. The molecule has 1 aliphatic rings. The van der Waals surface area contributed by atoms with Crippen molar-refractivity contribution in [3.8, 4) is 61.7 Å². The molecule has 0 saturated heterocycles. The van der Waals surface area contributed by atoms with Crippen molar-refractivity contribution in [3.05, 3.63) is 132 Å². The predicted octanol–water partition coefficient (Wildman–Crippen LogP) is 12.0. The number of hydrogen-bond acceptors (Lipinski definition) is 1. The molecule has 6 aromatic rings. The molecule has 0 aliphatic heterocycles. The first-order valence-electron chi connectivity index (χ1n) is 15.5. The van der Waals surface area contributed by atoms with Crippen LogP contribution in [0.2, 0.25) is 0 Å². The highest BCUT2D eigenvalue weighted by Crippen LogP contribution is 2.57. The summed E-state index contributed by atoms with van der Waals surface area (Å²) in [5.74, 6) is 0. The van der Waals surface area contributed by atoms with Gasteiger partial charge in [-0.05, 0) is 107 Å². The highest BCUT2D eigenvalue weighted by Gasteiger charge is 2.30. The largest absolute Gasteiger partial charge is 0.192 e. The van der Waals surface area contributed by atoms with Gasteiger partial charge in [-0.25, -0.2) is 0 Å². The van der Waals surface area contributed by atoms with Crippen LogP contribution in [0, 0.1) is 11.3 Å². The van der Waals surface area contributed by atoms with Crippen LogP contribution in [0.15, 0.2) is 115 Å². The van der Waals surface area contributed by atoms with Crippen LogP contribution in [0.5, 0.6) is 0 Å². The molecular weight excluding hydrogens is 530 g/mol. The fraction of sp³-hybridized carbons (Fsp3) is 0.186. The van der Waals surface area contributed by atoms with E-state index in [1.54, 1.807) is 0 Å². The second-order valence-electron chi connectivity index (χ2n) is 14.1. The molecule has 0 spiro atoms. The molecule has 0 atom stereocenters. The molecule has 0 unspecified atom stereocenters. The van der Waals surface area contributed by atoms with Crippen molar-refractivity contribution >= 4 is 10.8 Å². The van der Waals surface area contributed by atoms with Gasteiger partial charge in [-0.15, -0.1) is 0 Å². The highest BCUT2D eigenvalue weighted by atomic mass is 14.3. The van der Waals surface area contributed by atoms with Crippen LogP contribution < -0.4 is 0 Å². The van der Waals surface area contributed by atoms with Crippen molar-refractivity contribution in [2.75, 3.05) is 0 Å². The molecule has 0 amide bonds. The summed E-state index contributed by atoms with van der Waals surface area (Å²) < 4.78 is 0. The van der Waals surface area contributed by atoms with Gasteiger partial charge in [-0.1, -0.05) is 139 Å². The minimum Gasteiger partial charge on any atom is -0.192 e. The molecule has 6 aromatic carbocycles. The number of rotatable bonds is 3. The maximum Gasteiger partial charge on any atom is 0.0991 e. The van der Waals surface area contributed by atoms with E-state index in [-0.39, 0.29) is 10.8 Å². The van der Waals surface area contributed by atoms with Gasteiger partial charge < -0.3 is 0 Å². The third-order valence-electron chi connectivity index (χ3n) is 9.20. The second-order valence-corrected chi connectivity index (χ2v) is 14.1. The normalized spacial score (nSPS) is 12.3. The van der Waals surface area contributed by atoms with Gasteiger partial charge >= 0.3 is 0 Å². The summed E-state index contributed by atoms with van der Waals surface area (Å²) in [6.45, 7) is 13.6. The Bertz CT molecular complexity index is 2080. The van der Waals surface area contributed by atoms with Crippen molar-refractivity contribution in [2.45, 2.75) is 52.4 Å². The minimum atomic E-state index is 0.0708. The molecule has 0 fully saturated rings. The average molecular weight is 568 g/mol. The lowest BCUT2D eigenvalue weighted by atomic mass is 9.80. The van der Waals surface area contributed by atoms with Crippen molar-refractivity contribution in [2.24, 2.45) is 0 Å². The lowest BCUT2D eigenvalue weighted by Gasteiger charge is -2.23. The molecule has 44 heavy (non-hydrogen) atoms. The first-order chi connectivity index (χ1) is 21.0. The van der Waals surface area contributed by atoms with Gasteiger partial charge in [0.25, 0.3) is 0 Å². The van der Waals surface area contributed by atoms with E-state index >= 15 is 0 Å². The molecule has 0 aromatic heterocycles. The van der Waals surface area contributed by atoms with Crippen LogP contribution in [0.1, 0.15) is 58.2 Å². The van der Waals surface area contributed by atoms with Gasteiger partial charge in [0.1, 0.15) is 0 Å². The molecule has 0 saturated carbocycles. The molecule has 214 valence electrons. The van der Waals surface area contributed by atoms with E-state index in [1.807, 2.05) is 12.1 Å². The minimum absolute atomic E-state index is 0.0708. The fourth-order valence-electron chi connectivity index (χ4n) is 6.76. The molecule has 0 heterocycles. The van der Waals surface area contributed by atoms with Crippen LogP contribution in [0.4, 0.5) is 0 Å². The average Bonchev–Trinajstić information content (AvgIpc) is 3.36. The molecule has 1 aliphatic carbocycles. The van der Waals surface area contributed by atoms with E-state index < -0.39 is 0 Å². The van der Waals surface area contributed by atoms with E-state index in [9.17, 15) is 5.26 Å². The van der Waals surface area contributed by atoms with Crippen molar-refractivity contribution < 1.29 is 0 Å². The molecule has 0 N–H and O–H groups in total. The van der Waals surface area contributed by atoms with Crippen LogP contribution in [0.3, 0.4) is 0 Å². The Hall–Kier alpha value is -4.93. The summed E-state index contributed by atoms with van der Waals surface area (Å²) in [4.78, 5) is 0. The van der Waals surface area contributed by atoms with Crippen molar-refractivity contribution in [1.82, 2.24) is 0 Å². The predicted molar refractivity (Wildman–Crippen MR) is 187 cm³/mol. The standard InChI is InChI=1S/C43H37N/c1-42(2,3)32-21-17-29(18-22-32)37-25-36(28-15-13-27(26-44)14-16-28)39(31-19-23-33(24-20-31)43(4,5)6)41-35-12-8-10-30-9-7-11-34(38(30)35)40(37)41/h7-25H,1-6H3. The summed E-state index contributed by atoms with van der Waals surface area (Å²) in [6, 6.07) is 44.5. The second kappa shape index (κ2) is 10.1. The quantitative estimate of drug-likeness (QED) is 0.208. The van der Waals surface area contributed by atoms with Gasteiger partial charge in [-0.3, -0.25) is 0 Å². The first kappa shape index (κ1) is 27.9. The topological polar surface area (TPSA) is 23.8 Å². The molecule has 1 nitrogen and oxygen atoms in total. The van der Waals surface area contributed by atoms with Crippen LogP contribution >= 0.6 is 0 Å². The Morgan fingerprint density at radius 1 is 0.455 bits per heavy atom. The molecule has 0 bridgehead atoms. The molecule has 1 heteroatoms. The van der Waals surface area contributed by atoms with Crippen LogP contribution in [-0.2, 0) is 10.8 Å². The van der Waals surface area contributed by atoms with Gasteiger partial charge in [0.15, 0.2) is 0 Å². The fourth-order valence-corrected chi connectivity index (χ4v) is 6.76. The Morgan fingerprint density at radius 3 is 1.41 bits per heavy atom. The van der Waals surface area contributed by atoms with E-state index in [1.165, 1.54) is 72.0 Å². The van der Waals surface area contributed by atoms with Gasteiger partial charge in [0, 0.05) is 0 Å². The highest BCUT2D eigenvalue weighted by molar-refractivity contribution is 6.22. The molecule has 7 rings (SSSR count). The van der Waals surface area contributed by atoms with E-state index in [2.05, 4.69) is 151 Å². The van der Waals surface area contributed by atoms with Gasteiger partial charge in [-0.2, -0.15) is 5.26 Å². The van der Waals surface area contributed by atoms with Gasteiger partial charge in [0.05, 0.1) is 11.6 Å². The Labute approximate surface area is 261 Å². The lowest BCUT2D eigenvalue weighted by Crippen LogP contribution is -2.10. The SMILES string of the molecule is CC(C)(C)c1ccc(-c2cc(-c3ccc(C#N)cc3)c(-c3ccc(C(C)(C)C)cc3)c3c2-c2cccc4cccc-3c24)cc1.